The van der Waals surface area contributed by atoms with E-state index in [9.17, 15) is 4.79 Å². The lowest BCUT2D eigenvalue weighted by atomic mass is 10.3. The lowest BCUT2D eigenvalue weighted by molar-refractivity contribution is -0.136. The fourth-order valence-corrected chi connectivity index (χ4v) is 2.14. The van der Waals surface area contributed by atoms with Gasteiger partial charge in [0.05, 0.1) is 5.75 Å². The molecule has 1 rings (SSSR count). The highest BCUT2D eigenvalue weighted by Crippen LogP contribution is 2.22. The van der Waals surface area contributed by atoms with Crippen LogP contribution in [0, 0.1) is 0 Å². The van der Waals surface area contributed by atoms with Crippen LogP contribution >= 0.6 is 11.8 Å². The zero-order valence-corrected chi connectivity index (χ0v) is 9.84. The van der Waals surface area contributed by atoms with Crippen LogP contribution in [0.2, 0.25) is 0 Å². The minimum atomic E-state index is -0.746. The molecule has 0 bridgehead atoms. The van der Waals surface area contributed by atoms with E-state index in [0.717, 1.165) is 17.9 Å². The summed E-state index contributed by atoms with van der Waals surface area (Å²) in [5.74, 6) is 1.69. The molecule has 4 heteroatoms. The van der Waals surface area contributed by atoms with E-state index in [1.54, 1.807) is 0 Å². The molecule has 3 nitrogen and oxygen atoms in total. The summed E-state index contributed by atoms with van der Waals surface area (Å²) in [5, 5.41) is 8.52. The average Bonchev–Trinajstić information content (AvgIpc) is 2.66. The Kier molecular flexibility index (Phi) is 4.75. The van der Waals surface area contributed by atoms with Crippen molar-refractivity contribution in [1.82, 2.24) is 0 Å². The van der Waals surface area contributed by atoms with E-state index in [2.05, 4.69) is 0 Å². The Bertz CT molecular complexity index is 319. The van der Waals surface area contributed by atoms with Gasteiger partial charge < -0.3 is 9.52 Å². The number of furan rings is 1. The average molecular weight is 228 g/mol. The molecule has 0 aliphatic rings. The van der Waals surface area contributed by atoms with Crippen molar-refractivity contribution in [2.45, 2.75) is 37.7 Å². The van der Waals surface area contributed by atoms with Gasteiger partial charge in [-0.25, -0.2) is 0 Å². The molecule has 0 saturated heterocycles. The molecule has 15 heavy (non-hydrogen) atoms. The maximum atomic E-state index is 10.8. The van der Waals surface area contributed by atoms with Gasteiger partial charge in [-0.1, -0.05) is 13.8 Å². The third-order valence-corrected chi connectivity index (χ3v) is 3.53. The molecule has 0 aromatic carbocycles. The Labute approximate surface area is 93.9 Å². The summed E-state index contributed by atoms with van der Waals surface area (Å²) in [6.45, 7) is 3.91. The summed E-state index contributed by atoms with van der Waals surface area (Å²) in [6.07, 6.45) is 1.52. The van der Waals surface area contributed by atoms with Gasteiger partial charge in [-0.2, -0.15) is 0 Å². The highest BCUT2D eigenvalue weighted by atomic mass is 32.2. The predicted molar refractivity (Wildman–Crippen MR) is 61.1 cm³/mol. The van der Waals surface area contributed by atoms with Crippen molar-refractivity contribution in [1.29, 1.82) is 0 Å². The summed E-state index contributed by atoms with van der Waals surface area (Å²) in [5.41, 5.74) is 0. The van der Waals surface area contributed by atoms with E-state index in [0.29, 0.717) is 12.2 Å². The Morgan fingerprint density at radius 1 is 1.47 bits per heavy atom. The minimum Gasteiger partial charge on any atom is -0.480 e. The topological polar surface area (TPSA) is 50.4 Å². The third kappa shape index (κ3) is 3.63. The van der Waals surface area contributed by atoms with E-state index in [1.807, 2.05) is 26.0 Å². The Morgan fingerprint density at radius 3 is 2.60 bits per heavy atom. The van der Waals surface area contributed by atoms with E-state index in [4.69, 9.17) is 9.52 Å². The second-order valence-corrected chi connectivity index (χ2v) is 4.46. The molecular formula is C11H16O3S. The number of aryl methyl sites for hydroxylation is 1. The van der Waals surface area contributed by atoms with Gasteiger partial charge >= 0.3 is 5.97 Å². The van der Waals surface area contributed by atoms with Crippen LogP contribution in [0.3, 0.4) is 0 Å². The second-order valence-electron chi connectivity index (χ2n) is 3.27. The Morgan fingerprint density at radius 2 is 2.13 bits per heavy atom. The van der Waals surface area contributed by atoms with Gasteiger partial charge in [0.25, 0.3) is 0 Å². The second kappa shape index (κ2) is 5.85. The molecule has 0 aliphatic carbocycles. The molecule has 0 aliphatic heterocycles. The molecule has 0 spiro atoms. The molecular weight excluding hydrogens is 212 g/mol. The largest absolute Gasteiger partial charge is 0.480 e. The summed E-state index contributed by atoms with van der Waals surface area (Å²) in [7, 11) is 0. The molecule has 0 fully saturated rings. The van der Waals surface area contributed by atoms with Crippen LogP contribution in [0.15, 0.2) is 16.5 Å². The zero-order valence-electron chi connectivity index (χ0n) is 9.03. The van der Waals surface area contributed by atoms with Crippen molar-refractivity contribution in [2.75, 3.05) is 0 Å². The smallest absolute Gasteiger partial charge is 0.316 e. The molecule has 84 valence electrons. The Hall–Kier alpha value is -0.900. The van der Waals surface area contributed by atoms with Crippen LogP contribution in [0.1, 0.15) is 31.8 Å². The first-order chi connectivity index (χ1) is 7.17. The monoisotopic (exact) mass is 228 g/mol. The number of hydrogen-bond donors (Lipinski definition) is 1. The van der Waals surface area contributed by atoms with Crippen LogP contribution in [0.4, 0.5) is 0 Å². The van der Waals surface area contributed by atoms with Gasteiger partial charge in [0, 0.05) is 6.42 Å². The minimum absolute atomic E-state index is 0.333. The van der Waals surface area contributed by atoms with Crippen molar-refractivity contribution in [3.05, 3.63) is 23.7 Å². The summed E-state index contributed by atoms with van der Waals surface area (Å²) in [4.78, 5) is 10.8. The lowest BCUT2D eigenvalue weighted by Gasteiger charge is -2.07. The number of carboxylic acids is 1. The molecule has 1 unspecified atom stereocenters. The molecule has 0 amide bonds. The summed E-state index contributed by atoms with van der Waals surface area (Å²) < 4.78 is 5.49. The molecule has 0 radical (unpaired) electrons. The van der Waals surface area contributed by atoms with E-state index in [1.165, 1.54) is 11.8 Å². The lowest BCUT2D eigenvalue weighted by Crippen LogP contribution is -2.14. The number of aliphatic carboxylic acids is 1. The van der Waals surface area contributed by atoms with Crippen LogP contribution in [0.5, 0.6) is 0 Å². The predicted octanol–water partition coefficient (Wildman–Crippen LogP) is 2.94. The molecule has 0 saturated carbocycles. The van der Waals surface area contributed by atoms with E-state index < -0.39 is 5.97 Å². The van der Waals surface area contributed by atoms with Crippen molar-refractivity contribution < 1.29 is 14.3 Å². The highest BCUT2D eigenvalue weighted by molar-refractivity contribution is 7.99. The molecule has 1 heterocycles. The number of thioether (sulfide) groups is 1. The molecule has 1 atom stereocenters. The van der Waals surface area contributed by atoms with Gasteiger partial charge in [-0.05, 0) is 18.6 Å². The van der Waals surface area contributed by atoms with Gasteiger partial charge in [0.1, 0.15) is 16.8 Å². The summed E-state index contributed by atoms with van der Waals surface area (Å²) in [6, 6.07) is 3.86. The van der Waals surface area contributed by atoms with Crippen molar-refractivity contribution in [2.24, 2.45) is 0 Å². The van der Waals surface area contributed by atoms with Gasteiger partial charge in [0.2, 0.25) is 0 Å². The number of carbonyl (C=O) groups is 1. The van der Waals surface area contributed by atoms with E-state index >= 15 is 0 Å². The SMILES string of the molecule is CCc1ccc(CSC(CC)C(=O)O)o1. The van der Waals surface area contributed by atoms with Gasteiger partial charge in [0.15, 0.2) is 0 Å². The van der Waals surface area contributed by atoms with Gasteiger partial charge in [-0.3, -0.25) is 4.79 Å². The first-order valence-corrected chi connectivity index (χ1v) is 6.14. The van der Waals surface area contributed by atoms with Crippen molar-refractivity contribution in [3.8, 4) is 0 Å². The third-order valence-electron chi connectivity index (χ3n) is 2.14. The van der Waals surface area contributed by atoms with Gasteiger partial charge in [-0.15, -0.1) is 11.8 Å². The summed E-state index contributed by atoms with van der Waals surface area (Å²) >= 11 is 1.41. The highest BCUT2D eigenvalue weighted by Gasteiger charge is 2.15. The molecule has 1 aromatic rings. The maximum Gasteiger partial charge on any atom is 0.316 e. The fraction of sp³-hybridized carbons (Fsp3) is 0.545. The van der Waals surface area contributed by atoms with Crippen LogP contribution in [0.25, 0.3) is 0 Å². The van der Waals surface area contributed by atoms with E-state index in [-0.39, 0.29) is 5.25 Å². The first-order valence-electron chi connectivity index (χ1n) is 5.09. The first kappa shape index (κ1) is 12.2. The molecule has 1 aromatic heterocycles. The number of rotatable bonds is 6. The van der Waals surface area contributed by atoms with Crippen LogP contribution < -0.4 is 0 Å². The van der Waals surface area contributed by atoms with Crippen LogP contribution in [-0.4, -0.2) is 16.3 Å². The number of hydrogen-bond acceptors (Lipinski definition) is 3. The van der Waals surface area contributed by atoms with Crippen molar-refractivity contribution >= 4 is 17.7 Å². The standard InChI is InChI=1S/C11H16O3S/c1-3-8-5-6-9(14-8)7-15-10(4-2)11(12)13/h5-6,10H,3-4,7H2,1-2H3,(H,12,13). The fourth-order valence-electron chi connectivity index (χ4n) is 1.24. The maximum absolute atomic E-state index is 10.8. The van der Waals surface area contributed by atoms with Crippen molar-refractivity contribution in [3.63, 3.8) is 0 Å². The quantitative estimate of drug-likeness (QED) is 0.813. The zero-order chi connectivity index (χ0) is 11.3. The molecule has 1 N–H and O–H groups in total. The Balaban J connectivity index is 2.45. The van der Waals surface area contributed by atoms with Crippen LogP contribution in [-0.2, 0) is 17.0 Å². The normalized spacial score (nSPS) is 12.7. The number of carboxylic acid groups (broad SMARTS) is 1.